The van der Waals surface area contributed by atoms with Gasteiger partial charge in [-0.15, -0.1) is 10.2 Å². The maximum atomic E-state index is 12.3. The first kappa shape index (κ1) is 21.3. The maximum Gasteiger partial charge on any atom is 0.251 e. The van der Waals surface area contributed by atoms with Crippen molar-refractivity contribution in [3.8, 4) is 0 Å². The van der Waals surface area contributed by atoms with E-state index in [1.54, 1.807) is 24.3 Å². The van der Waals surface area contributed by atoms with E-state index >= 15 is 0 Å². The van der Waals surface area contributed by atoms with Gasteiger partial charge in [0.25, 0.3) is 5.91 Å². The fourth-order valence-electron chi connectivity index (χ4n) is 2.30. The molecule has 3 rings (SSSR count). The van der Waals surface area contributed by atoms with Gasteiger partial charge < -0.3 is 9.88 Å². The van der Waals surface area contributed by atoms with Crippen molar-refractivity contribution in [3.63, 3.8) is 0 Å². The van der Waals surface area contributed by atoms with Crippen LogP contribution in [0.5, 0.6) is 0 Å². The third-order valence-corrected chi connectivity index (χ3v) is 6.28. The van der Waals surface area contributed by atoms with E-state index in [1.165, 1.54) is 17.8 Å². The number of nitrogens with one attached hydrogen (secondary N) is 1. The molecule has 3 aromatic rings. The predicted molar refractivity (Wildman–Crippen MR) is 115 cm³/mol. The number of nitrogens with zero attached hydrogens (tertiary/aromatic N) is 3. The molecule has 0 bridgehead atoms. The first-order chi connectivity index (χ1) is 13.3. The van der Waals surface area contributed by atoms with E-state index < -0.39 is 0 Å². The van der Waals surface area contributed by atoms with Gasteiger partial charge in [0.2, 0.25) is 0 Å². The minimum atomic E-state index is -0.274. The Balaban J connectivity index is 1.61. The summed E-state index contributed by atoms with van der Waals surface area (Å²) < 4.78 is 1.82. The molecule has 1 aromatic heterocycles. The molecule has 1 amide bonds. The molecular weight excluding hydrogens is 462 g/mol. The normalized spacial score (nSPS) is 10.9. The monoisotopic (exact) mass is 474 g/mol. The van der Waals surface area contributed by atoms with E-state index in [2.05, 4.69) is 15.5 Å². The van der Waals surface area contributed by atoms with E-state index in [4.69, 9.17) is 46.4 Å². The highest BCUT2D eigenvalue weighted by Crippen LogP contribution is 2.28. The highest BCUT2D eigenvalue weighted by atomic mass is 35.5. The van der Waals surface area contributed by atoms with Crippen LogP contribution in [0.15, 0.2) is 41.6 Å². The van der Waals surface area contributed by atoms with Crippen molar-refractivity contribution in [1.82, 2.24) is 20.1 Å². The number of hydrogen-bond donors (Lipinski definition) is 1. The summed E-state index contributed by atoms with van der Waals surface area (Å²) in [5.41, 5.74) is 1.37. The molecule has 28 heavy (non-hydrogen) atoms. The molecule has 0 aliphatic carbocycles. The Kier molecular flexibility index (Phi) is 7.12. The molecular formula is C18H14Cl4N4OS. The summed E-state index contributed by atoms with van der Waals surface area (Å²) in [4.78, 5) is 12.3. The van der Waals surface area contributed by atoms with Crippen molar-refractivity contribution in [3.05, 3.63) is 73.4 Å². The van der Waals surface area contributed by atoms with Crippen molar-refractivity contribution in [2.24, 2.45) is 7.05 Å². The second-order valence-corrected chi connectivity index (χ2v) is 8.39. The molecule has 0 saturated carbocycles. The third kappa shape index (κ3) is 5.13. The Morgan fingerprint density at radius 3 is 2.54 bits per heavy atom. The van der Waals surface area contributed by atoms with E-state index in [0.29, 0.717) is 42.4 Å². The second-order valence-electron chi connectivity index (χ2n) is 5.79. The average molecular weight is 476 g/mol. The number of rotatable bonds is 6. The van der Waals surface area contributed by atoms with Crippen LogP contribution in [0.3, 0.4) is 0 Å². The van der Waals surface area contributed by atoms with Gasteiger partial charge in [0.15, 0.2) is 11.0 Å². The molecule has 10 heteroatoms. The minimum Gasteiger partial charge on any atom is -0.345 e. The van der Waals surface area contributed by atoms with Crippen LogP contribution < -0.4 is 5.32 Å². The average Bonchev–Trinajstić information content (AvgIpc) is 3.01. The summed E-state index contributed by atoms with van der Waals surface area (Å²) in [7, 11) is 1.84. The van der Waals surface area contributed by atoms with Gasteiger partial charge in [-0.3, -0.25) is 4.79 Å². The van der Waals surface area contributed by atoms with E-state index in [9.17, 15) is 4.79 Å². The van der Waals surface area contributed by atoms with Crippen molar-refractivity contribution >= 4 is 64.1 Å². The van der Waals surface area contributed by atoms with Gasteiger partial charge in [0.1, 0.15) is 0 Å². The van der Waals surface area contributed by atoms with Gasteiger partial charge in [-0.2, -0.15) is 0 Å². The molecule has 0 atom stereocenters. The molecule has 0 radical (unpaired) electrons. The lowest BCUT2D eigenvalue weighted by atomic mass is 10.2. The third-order valence-electron chi connectivity index (χ3n) is 3.89. The van der Waals surface area contributed by atoms with Crippen LogP contribution in [0.2, 0.25) is 20.1 Å². The Morgan fingerprint density at radius 2 is 1.82 bits per heavy atom. The van der Waals surface area contributed by atoms with E-state index in [1.807, 2.05) is 17.7 Å². The van der Waals surface area contributed by atoms with Crippen LogP contribution in [-0.2, 0) is 19.3 Å². The topological polar surface area (TPSA) is 59.8 Å². The highest BCUT2D eigenvalue weighted by molar-refractivity contribution is 7.98. The number of aromatic nitrogens is 3. The molecule has 1 heterocycles. The quantitative estimate of drug-likeness (QED) is 0.468. The standard InChI is InChI=1S/C18H14Cl4N4OS/c1-26-16(8-23-17(27)10-3-5-13(20)15(22)6-10)24-25-18(26)28-9-11-2-4-12(19)7-14(11)21/h2-7H,8-9H2,1H3,(H,23,27). The number of carbonyl (C=O) groups is 1. The van der Waals surface area contributed by atoms with Crippen molar-refractivity contribution in [1.29, 1.82) is 0 Å². The number of amides is 1. The smallest absolute Gasteiger partial charge is 0.251 e. The lowest BCUT2D eigenvalue weighted by molar-refractivity contribution is 0.0949. The number of benzene rings is 2. The summed E-state index contributed by atoms with van der Waals surface area (Å²) in [6, 6.07) is 10.1. The van der Waals surface area contributed by atoms with Crippen LogP contribution >= 0.6 is 58.2 Å². The van der Waals surface area contributed by atoms with Crippen LogP contribution in [0.1, 0.15) is 21.7 Å². The Bertz CT molecular complexity index is 1020. The lowest BCUT2D eigenvalue weighted by Crippen LogP contribution is -2.24. The Morgan fingerprint density at radius 1 is 1.04 bits per heavy atom. The fraction of sp³-hybridized carbons (Fsp3) is 0.167. The molecule has 1 N–H and O–H groups in total. The van der Waals surface area contributed by atoms with Gasteiger partial charge in [-0.1, -0.05) is 64.2 Å². The zero-order chi connectivity index (χ0) is 20.3. The first-order valence-electron chi connectivity index (χ1n) is 8.03. The van der Waals surface area contributed by atoms with E-state index in [0.717, 1.165) is 5.56 Å². The van der Waals surface area contributed by atoms with Crippen LogP contribution in [-0.4, -0.2) is 20.7 Å². The van der Waals surface area contributed by atoms with Gasteiger partial charge in [0, 0.05) is 28.4 Å². The van der Waals surface area contributed by atoms with E-state index in [-0.39, 0.29) is 12.5 Å². The molecule has 146 valence electrons. The number of halogens is 4. The number of carbonyl (C=O) groups excluding carboxylic acids is 1. The molecule has 0 unspecified atom stereocenters. The van der Waals surface area contributed by atoms with Crippen molar-refractivity contribution in [2.75, 3.05) is 0 Å². The molecule has 2 aromatic carbocycles. The second kappa shape index (κ2) is 9.37. The molecule has 0 aliphatic heterocycles. The van der Waals surface area contributed by atoms with Gasteiger partial charge in [0.05, 0.1) is 16.6 Å². The first-order valence-corrected chi connectivity index (χ1v) is 10.5. The molecule has 0 spiro atoms. The minimum absolute atomic E-state index is 0.227. The summed E-state index contributed by atoms with van der Waals surface area (Å²) in [5.74, 6) is 0.972. The Hall–Kier alpha value is -1.44. The zero-order valence-electron chi connectivity index (χ0n) is 14.5. The maximum absolute atomic E-state index is 12.3. The SMILES string of the molecule is Cn1c(CNC(=O)c2ccc(Cl)c(Cl)c2)nnc1SCc1ccc(Cl)cc1Cl. The number of hydrogen-bond acceptors (Lipinski definition) is 4. The molecule has 0 fully saturated rings. The van der Waals surface area contributed by atoms with Crippen molar-refractivity contribution in [2.45, 2.75) is 17.5 Å². The number of thioether (sulfide) groups is 1. The zero-order valence-corrected chi connectivity index (χ0v) is 18.4. The van der Waals surface area contributed by atoms with Crippen molar-refractivity contribution < 1.29 is 4.79 Å². The fourth-order valence-corrected chi connectivity index (χ4v) is 4.09. The van der Waals surface area contributed by atoms with Crippen LogP contribution in [0.4, 0.5) is 0 Å². The summed E-state index contributed by atoms with van der Waals surface area (Å²) in [6.07, 6.45) is 0. The summed E-state index contributed by atoms with van der Waals surface area (Å²) in [6.45, 7) is 0.227. The summed E-state index contributed by atoms with van der Waals surface area (Å²) in [5, 5.41) is 13.7. The predicted octanol–water partition coefficient (Wildman–Crippen LogP) is 5.65. The van der Waals surface area contributed by atoms with Crippen LogP contribution in [0, 0.1) is 0 Å². The largest absolute Gasteiger partial charge is 0.345 e. The van der Waals surface area contributed by atoms with Gasteiger partial charge in [-0.25, -0.2) is 0 Å². The van der Waals surface area contributed by atoms with Gasteiger partial charge in [-0.05, 0) is 35.9 Å². The summed E-state index contributed by atoms with van der Waals surface area (Å²) >= 11 is 25.4. The van der Waals surface area contributed by atoms with Gasteiger partial charge >= 0.3 is 0 Å². The lowest BCUT2D eigenvalue weighted by Gasteiger charge is -2.07. The van der Waals surface area contributed by atoms with Crippen LogP contribution in [0.25, 0.3) is 0 Å². The highest BCUT2D eigenvalue weighted by Gasteiger charge is 2.13. The molecule has 0 saturated heterocycles. The molecule has 5 nitrogen and oxygen atoms in total. The Labute approximate surface area is 186 Å². The molecule has 0 aliphatic rings.